The first-order valence-electron chi connectivity index (χ1n) is 6.32. The molecule has 0 unspecified atom stereocenters. The predicted octanol–water partition coefficient (Wildman–Crippen LogP) is 2.71. The van der Waals surface area contributed by atoms with Gasteiger partial charge in [0.15, 0.2) is 0 Å². The fraction of sp³-hybridized carbons (Fsp3) is 0.667. The number of nitrogens with zero attached hydrogens (tertiary/aromatic N) is 1. The molecule has 1 heterocycles. The van der Waals surface area contributed by atoms with Crippen LogP contribution >= 0.6 is 27.3 Å². The van der Waals surface area contributed by atoms with Crippen LogP contribution in [0, 0.1) is 6.92 Å². The SMILES string of the molecule is Cc1sc(Br)cc1S(=O)(=O)N(C)C1CCC(N)CC1. The van der Waals surface area contributed by atoms with Crippen LogP contribution in [-0.4, -0.2) is 31.9 Å². The molecule has 1 aromatic heterocycles. The summed E-state index contributed by atoms with van der Waals surface area (Å²) in [5.41, 5.74) is 5.87. The van der Waals surface area contributed by atoms with Crippen molar-refractivity contribution in [3.8, 4) is 0 Å². The van der Waals surface area contributed by atoms with Crippen LogP contribution in [0.1, 0.15) is 30.6 Å². The molecule has 0 spiro atoms. The standard InChI is InChI=1S/C12H19BrN2O2S2/c1-8-11(7-12(13)18-8)19(16,17)15(2)10-5-3-9(14)4-6-10/h7,9-10H,3-6,14H2,1-2H3. The van der Waals surface area contributed by atoms with Crippen molar-refractivity contribution in [2.45, 2.75) is 49.6 Å². The van der Waals surface area contributed by atoms with Gasteiger partial charge in [0.1, 0.15) is 0 Å². The average Bonchev–Trinajstić information content (AvgIpc) is 2.69. The van der Waals surface area contributed by atoms with E-state index in [1.165, 1.54) is 15.6 Å². The third-order valence-corrected chi connectivity index (χ3v) is 7.47. The molecule has 7 heteroatoms. The van der Waals surface area contributed by atoms with Gasteiger partial charge in [-0.2, -0.15) is 4.31 Å². The molecule has 0 bridgehead atoms. The molecular weight excluding hydrogens is 348 g/mol. The van der Waals surface area contributed by atoms with E-state index >= 15 is 0 Å². The first-order chi connectivity index (χ1) is 8.82. The molecule has 0 radical (unpaired) electrons. The summed E-state index contributed by atoms with van der Waals surface area (Å²) in [5.74, 6) is 0. The van der Waals surface area contributed by atoms with Gasteiger partial charge in [-0.15, -0.1) is 11.3 Å². The van der Waals surface area contributed by atoms with Gasteiger partial charge >= 0.3 is 0 Å². The molecule has 4 nitrogen and oxygen atoms in total. The molecular formula is C12H19BrN2O2S2. The molecule has 108 valence electrons. The van der Waals surface area contributed by atoms with Crippen molar-refractivity contribution in [3.63, 3.8) is 0 Å². The zero-order valence-corrected chi connectivity index (χ0v) is 14.3. The predicted molar refractivity (Wildman–Crippen MR) is 81.9 cm³/mol. The van der Waals surface area contributed by atoms with Crippen LogP contribution in [0.4, 0.5) is 0 Å². The molecule has 0 atom stereocenters. The summed E-state index contributed by atoms with van der Waals surface area (Å²) in [6.07, 6.45) is 3.50. The van der Waals surface area contributed by atoms with E-state index in [1.54, 1.807) is 13.1 Å². The number of hydrogen-bond donors (Lipinski definition) is 1. The van der Waals surface area contributed by atoms with Crippen molar-refractivity contribution in [1.82, 2.24) is 4.31 Å². The molecule has 1 saturated carbocycles. The molecule has 1 aliphatic rings. The Morgan fingerprint density at radius 1 is 1.37 bits per heavy atom. The van der Waals surface area contributed by atoms with Crippen molar-refractivity contribution in [2.75, 3.05) is 7.05 Å². The van der Waals surface area contributed by atoms with Gasteiger partial charge in [-0.1, -0.05) is 0 Å². The molecule has 1 aromatic rings. The lowest BCUT2D eigenvalue weighted by molar-refractivity contribution is 0.268. The van der Waals surface area contributed by atoms with E-state index in [0.717, 1.165) is 34.3 Å². The van der Waals surface area contributed by atoms with E-state index in [9.17, 15) is 8.42 Å². The zero-order valence-electron chi connectivity index (χ0n) is 11.1. The quantitative estimate of drug-likeness (QED) is 0.894. The Morgan fingerprint density at radius 2 is 1.95 bits per heavy atom. The monoisotopic (exact) mass is 366 g/mol. The van der Waals surface area contributed by atoms with Crippen molar-refractivity contribution in [2.24, 2.45) is 5.73 Å². The van der Waals surface area contributed by atoms with E-state index in [0.29, 0.717) is 4.90 Å². The van der Waals surface area contributed by atoms with Crippen molar-refractivity contribution in [3.05, 3.63) is 14.7 Å². The molecule has 1 fully saturated rings. The molecule has 2 rings (SSSR count). The number of rotatable bonds is 3. The number of aryl methyl sites for hydroxylation is 1. The smallest absolute Gasteiger partial charge is 0.244 e. The Labute approximate surface area is 127 Å². The molecule has 1 aliphatic carbocycles. The summed E-state index contributed by atoms with van der Waals surface area (Å²) in [6, 6.07) is 1.99. The van der Waals surface area contributed by atoms with Gasteiger partial charge in [0.25, 0.3) is 0 Å². The van der Waals surface area contributed by atoms with Gasteiger partial charge in [-0.05, 0) is 54.6 Å². The van der Waals surface area contributed by atoms with Gasteiger partial charge in [0.2, 0.25) is 10.0 Å². The second-order valence-corrected chi connectivity index (χ2v) is 9.66. The van der Waals surface area contributed by atoms with Gasteiger partial charge in [0.05, 0.1) is 8.68 Å². The van der Waals surface area contributed by atoms with E-state index in [4.69, 9.17) is 5.73 Å². The summed E-state index contributed by atoms with van der Waals surface area (Å²) in [4.78, 5) is 1.24. The average molecular weight is 367 g/mol. The second-order valence-electron chi connectivity index (χ2n) is 5.06. The van der Waals surface area contributed by atoms with Crippen LogP contribution in [0.5, 0.6) is 0 Å². The Bertz CT molecular complexity index is 548. The fourth-order valence-electron chi connectivity index (χ4n) is 2.50. The van der Waals surface area contributed by atoms with Gasteiger partial charge in [0, 0.05) is 24.0 Å². The van der Waals surface area contributed by atoms with E-state index in [2.05, 4.69) is 15.9 Å². The highest BCUT2D eigenvalue weighted by molar-refractivity contribution is 9.11. The van der Waals surface area contributed by atoms with Crippen molar-refractivity contribution < 1.29 is 8.42 Å². The largest absolute Gasteiger partial charge is 0.328 e. The van der Waals surface area contributed by atoms with Crippen LogP contribution in [0.15, 0.2) is 14.7 Å². The number of nitrogens with two attached hydrogens (primary N) is 1. The molecule has 0 aliphatic heterocycles. The highest BCUT2D eigenvalue weighted by Crippen LogP contribution is 2.33. The molecule has 19 heavy (non-hydrogen) atoms. The number of thiophene rings is 1. The summed E-state index contributed by atoms with van der Waals surface area (Å²) < 4.78 is 27.6. The summed E-state index contributed by atoms with van der Waals surface area (Å²) >= 11 is 4.80. The van der Waals surface area contributed by atoms with Crippen LogP contribution in [0.3, 0.4) is 0 Å². The lowest BCUT2D eigenvalue weighted by Gasteiger charge is -2.32. The number of halogens is 1. The summed E-state index contributed by atoms with van der Waals surface area (Å²) in [7, 11) is -1.71. The summed E-state index contributed by atoms with van der Waals surface area (Å²) in [5, 5.41) is 0. The minimum Gasteiger partial charge on any atom is -0.328 e. The number of sulfonamides is 1. The first-order valence-corrected chi connectivity index (χ1v) is 9.37. The lowest BCUT2D eigenvalue weighted by Crippen LogP contribution is -2.41. The lowest BCUT2D eigenvalue weighted by atomic mass is 9.92. The number of hydrogen-bond acceptors (Lipinski definition) is 4. The van der Waals surface area contributed by atoms with Crippen molar-refractivity contribution >= 4 is 37.3 Å². The Morgan fingerprint density at radius 3 is 2.42 bits per heavy atom. The molecule has 0 aromatic carbocycles. The third kappa shape index (κ3) is 3.21. The van der Waals surface area contributed by atoms with Crippen LogP contribution < -0.4 is 5.73 Å². The highest BCUT2D eigenvalue weighted by atomic mass is 79.9. The third-order valence-electron chi connectivity index (χ3n) is 3.75. The second kappa shape index (κ2) is 5.81. The van der Waals surface area contributed by atoms with E-state index in [-0.39, 0.29) is 12.1 Å². The Balaban J connectivity index is 2.22. The summed E-state index contributed by atoms with van der Waals surface area (Å²) in [6.45, 7) is 1.84. The molecule has 0 saturated heterocycles. The highest BCUT2D eigenvalue weighted by Gasteiger charge is 2.32. The van der Waals surface area contributed by atoms with E-state index < -0.39 is 10.0 Å². The maximum Gasteiger partial charge on any atom is 0.244 e. The first kappa shape index (κ1) is 15.4. The molecule has 2 N–H and O–H groups in total. The normalized spacial score (nSPS) is 24.9. The van der Waals surface area contributed by atoms with Gasteiger partial charge in [-0.25, -0.2) is 8.42 Å². The maximum atomic E-state index is 12.6. The minimum atomic E-state index is -3.39. The maximum absolute atomic E-state index is 12.6. The Hall–Kier alpha value is 0.0500. The topological polar surface area (TPSA) is 63.4 Å². The van der Waals surface area contributed by atoms with Gasteiger partial charge in [-0.3, -0.25) is 0 Å². The van der Waals surface area contributed by atoms with Crippen LogP contribution in [0.2, 0.25) is 0 Å². The van der Waals surface area contributed by atoms with Crippen LogP contribution in [-0.2, 0) is 10.0 Å². The van der Waals surface area contributed by atoms with Gasteiger partial charge < -0.3 is 5.73 Å². The molecule has 0 amide bonds. The van der Waals surface area contributed by atoms with Crippen molar-refractivity contribution in [1.29, 1.82) is 0 Å². The minimum absolute atomic E-state index is 0.0721. The fourth-order valence-corrected chi connectivity index (χ4v) is 6.30. The van der Waals surface area contributed by atoms with E-state index in [1.807, 2.05) is 6.92 Å². The zero-order chi connectivity index (χ0) is 14.2. The Kier molecular flexibility index (Phi) is 4.72. The van der Waals surface area contributed by atoms with Crippen LogP contribution in [0.25, 0.3) is 0 Å².